The predicted octanol–water partition coefficient (Wildman–Crippen LogP) is 2.64. The summed E-state index contributed by atoms with van der Waals surface area (Å²) in [5, 5.41) is 0. The number of aryl methyl sites for hydroxylation is 2. The second-order valence-electron chi connectivity index (χ2n) is 4.63. The van der Waals surface area contributed by atoms with E-state index in [4.69, 9.17) is 5.73 Å². The molecule has 1 heteroatoms. The Morgan fingerprint density at radius 1 is 0.786 bits per heavy atom. The van der Waals surface area contributed by atoms with E-state index < -0.39 is 0 Å². The van der Waals surface area contributed by atoms with Crippen molar-refractivity contribution in [3.8, 4) is 0 Å². The lowest BCUT2D eigenvalue weighted by Crippen LogP contribution is -2.09. The van der Waals surface area contributed by atoms with Crippen LogP contribution in [0.4, 0.5) is 5.69 Å². The van der Waals surface area contributed by atoms with Gasteiger partial charge in [-0.15, -0.1) is 0 Å². The molecular formula is C13H17N. The second kappa shape index (κ2) is 3.01. The van der Waals surface area contributed by atoms with Gasteiger partial charge in [-0.25, -0.2) is 0 Å². The minimum absolute atomic E-state index is 1.15. The van der Waals surface area contributed by atoms with Crippen LogP contribution in [-0.2, 0) is 25.7 Å². The first kappa shape index (κ1) is 8.34. The van der Waals surface area contributed by atoms with Crippen molar-refractivity contribution in [1.82, 2.24) is 0 Å². The lowest BCUT2D eigenvalue weighted by molar-refractivity contribution is 0.686. The van der Waals surface area contributed by atoms with E-state index >= 15 is 0 Å². The zero-order valence-electron chi connectivity index (χ0n) is 8.60. The van der Waals surface area contributed by atoms with Crippen LogP contribution in [0.3, 0.4) is 0 Å². The lowest BCUT2D eigenvalue weighted by Gasteiger charge is -2.20. The van der Waals surface area contributed by atoms with Crippen molar-refractivity contribution < 1.29 is 0 Å². The summed E-state index contributed by atoms with van der Waals surface area (Å²) >= 11 is 0. The van der Waals surface area contributed by atoms with Crippen LogP contribution in [0.2, 0.25) is 0 Å². The van der Waals surface area contributed by atoms with Gasteiger partial charge in [-0.1, -0.05) is 6.07 Å². The van der Waals surface area contributed by atoms with Crippen LogP contribution in [0, 0.1) is 0 Å². The Labute approximate surface area is 85.3 Å². The highest BCUT2D eigenvalue weighted by Crippen LogP contribution is 2.35. The Hall–Kier alpha value is -0.980. The topological polar surface area (TPSA) is 26.0 Å². The van der Waals surface area contributed by atoms with Crippen LogP contribution < -0.4 is 5.73 Å². The zero-order valence-corrected chi connectivity index (χ0v) is 8.60. The number of fused-ring (bicyclic) bond motifs is 2. The number of nitrogens with two attached hydrogens (primary N) is 1. The fraction of sp³-hybridized carbons (Fsp3) is 0.538. The van der Waals surface area contributed by atoms with Gasteiger partial charge in [0.15, 0.2) is 0 Å². The Morgan fingerprint density at radius 3 is 2.14 bits per heavy atom. The molecule has 2 N–H and O–H groups in total. The maximum Gasteiger partial charge on any atom is 0.0384 e. The summed E-state index contributed by atoms with van der Waals surface area (Å²) in [5.74, 6) is 0. The third-order valence-electron chi connectivity index (χ3n) is 3.77. The molecule has 14 heavy (non-hydrogen) atoms. The highest BCUT2D eigenvalue weighted by molar-refractivity contribution is 5.62. The average molecular weight is 187 g/mol. The normalized spacial score (nSPS) is 19.1. The van der Waals surface area contributed by atoms with Crippen molar-refractivity contribution in [2.75, 3.05) is 5.73 Å². The lowest BCUT2D eigenvalue weighted by atomic mass is 9.87. The zero-order chi connectivity index (χ0) is 9.54. The summed E-state index contributed by atoms with van der Waals surface area (Å²) in [6.07, 6.45) is 8.94. The SMILES string of the molecule is Nc1c2c(cc3c1CCC3)CCCC2. The summed E-state index contributed by atoms with van der Waals surface area (Å²) in [4.78, 5) is 0. The molecule has 0 amide bonds. The van der Waals surface area contributed by atoms with Crippen molar-refractivity contribution in [2.45, 2.75) is 44.9 Å². The van der Waals surface area contributed by atoms with E-state index in [9.17, 15) is 0 Å². The molecule has 0 aromatic heterocycles. The molecular weight excluding hydrogens is 170 g/mol. The van der Waals surface area contributed by atoms with Gasteiger partial charge < -0.3 is 5.73 Å². The predicted molar refractivity (Wildman–Crippen MR) is 59.5 cm³/mol. The van der Waals surface area contributed by atoms with Gasteiger partial charge in [0.1, 0.15) is 0 Å². The van der Waals surface area contributed by atoms with Crippen LogP contribution in [0.25, 0.3) is 0 Å². The molecule has 0 bridgehead atoms. The van der Waals surface area contributed by atoms with Gasteiger partial charge in [0, 0.05) is 5.69 Å². The molecule has 1 aromatic rings. The number of anilines is 1. The maximum absolute atomic E-state index is 6.26. The average Bonchev–Trinajstić information content (AvgIpc) is 2.66. The Morgan fingerprint density at radius 2 is 1.36 bits per heavy atom. The minimum Gasteiger partial charge on any atom is -0.398 e. The largest absolute Gasteiger partial charge is 0.398 e. The van der Waals surface area contributed by atoms with Gasteiger partial charge in [-0.2, -0.15) is 0 Å². The number of hydrogen-bond donors (Lipinski definition) is 1. The smallest absolute Gasteiger partial charge is 0.0384 e. The van der Waals surface area contributed by atoms with Gasteiger partial charge in [-0.3, -0.25) is 0 Å². The molecule has 0 aliphatic heterocycles. The van der Waals surface area contributed by atoms with Gasteiger partial charge in [-0.05, 0) is 67.2 Å². The van der Waals surface area contributed by atoms with Crippen LogP contribution in [0.5, 0.6) is 0 Å². The van der Waals surface area contributed by atoms with Crippen molar-refractivity contribution in [2.24, 2.45) is 0 Å². The second-order valence-corrected chi connectivity index (χ2v) is 4.63. The Balaban J connectivity index is 2.20. The standard InChI is InChI=1S/C13H17N/c14-13-11-6-2-1-4-9(11)8-10-5-3-7-12(10)13/h8H,1-7,14H2. The van der Waals surface area contributed by atoms with Gasteiger partial charge in [0.2, 0.25) is 0 Å². The fourth-order valence-corrected chi connectivity index (χ4v) is 3.02. The molecule has 1 nitrogen and oxygen atoms in total. The highest BCUT2D eigenvalue weighted by atomic mass is 14.6. The number of hydrogen-bond acceptors (Lipinski definition) is 1. The number of nitrogen functional groups attached to an aromatic ring is 1. The monoisotopic (exact) mass is 187 g/mol. The molecule has 0 saturated carbocycles. The van der Waals surface area contributed by atoms with Crippen LogP contribution in [0.1, 0.15) is 41.5 Å². The number of rotatable bonds is 0. The van der Waals surface area contributed by atoms with Gasteiger partial charge >= 0.3 is 0 Å². The third kappa shape index (κ3) is 1.08. The molecule has 74 valence electrons. The van der Waals surface area contributed by atoms with Crippen molar-refractivity contribution in [1.29, 1.82) is 0 Å². The first-order valence-electron chi connectivity index (χ1n) is 5.78. The third-order valence-corrected chi connectivity index (χ3v) is 3.77. The van der Waals surface area contributed by atoms with E-state index in [0.29, 0.717) is 0 Å². The molecule has 1 aromatic carbocycles. The van der Waals surface area contributed by atoms with E-state index in [0.717, 1.165) is 5.69 Å². The van der Waals surface area contributed by atoms with E-state index in [1.807, 2.05) is 0 Å². The molecule has 2 aliphatic rings. The molecule has 3 rings (SSSR count). The molecule has 0 radical (unpaired) electrons. The van der Waals surface area contributed by atoms with Gasteiger partial charge in [0.05, 0.1) is 0 Å². The van der Waals surface area contributed by atoms with E-state index in [2.05, 4.69) is 6.07 Å². The molecule has 0 unspecified atom stereocenters. The fourth-order valence-electron chi connectivity index (χ4n) is 3.02. The molecule has 0 atom stereocenters. The number of benzene rings is 1. The van der Waals surface area contributed by atoms with E-state index in [1.165, 1.54) is 56.1 Å². The molecule has 0 saturated heterocycles. The van der Waals surface area contributed by atoms with Gasteiger partial charge in [0.25, 0.3) is 0 Å². The summed E-state index contributed by atoms with van der Waals surface area (Å²) in [7, 11) is 0. The maximum atomic E-state index is 6.26. The summed E-state index contributed by atoms with van der Waals surface area (Å²) < 4.78 is 0. The Kier molecular flexibility index (Phi) is 1.79. The highest BCUT2D eigenvalue weighted by Gasteiger charge is 2.20. The molecule has 0 fully saturated rings. The first-order valence-corrected chi connectivity index (χ1v) is 5.78. The van der Waals surface area contributed by atoms with Crippen LogP contribution in [-0.4, -0.2) is 0 Å². The summed E-state index contributed by atoms with van der Waals surface area (Å²) in [5.41, 5.74) is 13.5. The van der Waals surface area contributed by atoms with E-state index in [-0.39, 0.29) is 0 Å². The quantitative estimate of drug-likeness (QED) is 0.621. The molecule has 0 heterocycles. The van der Waals surface area contributed by atoms with Crippen molar-refractivity contribution in [3.63, 3.8) is 0 Å². The van der Waals surface area contributed by atoms with E-state index in [1.54, 1.807) is 11.1 Å². The minimum atomic E-state index is 1.15. The first-order chi connectivity index (χ1) is 6.86. The summed E-state index contributed by atoms with van der Waals surface area (Å²) in [6.45, 7) is 0. The molecule has 0 spiro atoms. The summed E-state index contributed by atoms with van der Waals surface area (Å²) in [6, 6.07) is 2.44. The Bertz CT molecular complexity index is 379. The van der Waals surface area contributed by atoms with Crippen LogP contribution >= 0.6 is 0 Å². The van der Waals surface area contributed by atoms with Crippen molar-refractivity contribution >= 4 is 5.69 Å². The van der Waals surface area contributed by atoms with Crippen LogP contribution in [0.15, 0.2) is 6.07 Å². The molecule has 2 aliphatic carbocycles. The van der Waals surface area contributed by atoms with Crippen molar-refractivity contribution in [3.05, 3.63) is 28.3 Å².